The van der Waals surface area contributed by atoms with E-state index in [0.29, 0.717) is 0 Å². The first-order chi connectivity index (χ1) is 29.1. The Labute approximate surface area is 366 Å². The van der Waals surface area contributed by atoms with Crippen molar-refractivity contribution in [3.8, 4) is 5.75 Å². The molecule has 0 unspecified atom stereocenters. The van der Waals surface area contributed by atoms with Crippen LogP contribution in [0.4, 0.5) is 0 Å². The minimum Gasteiger partial charge on any atom is -0.497 e. The van der Waals surface area contributed by atoms with Gasteiger partial charge in [-0.3, -0.25) is 4.79 Å². The molecule has 0 fully saturated rings. The summed E-state index contributed by atoms with van der Waals surface area (Å²) >= 11 is 0. The summed E-state index contributed by atoms with van der Waals surface area (Å²) in [5.74, 6) is 1.03. The van der Waals surface area contributed by atoms with Gasteiger partial charge in [-0.2, -0.15) is 0 Å². The first-order valence-electron chi connectivity index (χ1n) is 22.8. The number of Topliss-reactive ketones (excluding diaryl/α,β-unsaturated/α-hetero) is 1. The van der Waals surface area contributed by atoms with Gasteiger partial charge in [0.15, 0.2) is 5.78 Å². The van der Waals surface area contributed by atoms with E-state index in [1.807, 2.05) is 164 Å². The number of ether oxygens (including phenoxy) is 1. The second-order valence-corrected chi connectivity index (χ2v) is 10.6. The second kappa shape index (κ2) is 53.1. The Morgan fingerprint density at radius 1 is 0.424 bits per heavy atom. The van der Waals surface area contributed by atoms with E-state index >= 15 is 0 Å². The van der Waals surface area contributed by atoms with E-state index in [1.165, 1.54) is 42.0 Å². The maximum absolute atomic E-state index is 10.6. The van der Waals surface area contributed by atoms with Crippen LogP contribution in [0.2, 0.25) is 0 Å². The third-order valence-electron chi connectivity index (χ3n) is 7.33. The van der Waals surface area contributed by atoms with Gasteiger partial charge in [-0.25, -0.2) is 0 Å². The molecule has 59 heavy (non-hydrogen) atoms. The first kappa shape index (κ1) is 63.2. The predicted octanol–water partition coefficient (Wildman–Crippen LogP) is 18.4. The van der Waals surface area contributed by atoms with Crippen LogP contribution in [0.1, 0.15) is 151 Å². The van der Waals surface area contributed by atoms with Crippen LogP contribution in [-0.2, 0) is 19.3 Å². The lowest BCUT2D eigenvalue weighted by Crippen LogP contribution is -2.00. The third kappa shape index (κ3) is 34.8. The average Bonchev–Trinajstić information content (AvgIpc) is 3.37. The quantitative estimate of drug-likeness (QED) is 0.167. The van der Waals surface area contributed by atoms with Gasteiger partial charge < -0.3 is 4.74 Å². The number of ketones is 1. The Balaban J connectivity index is -0.000000192. The molecule has 6 aromatic rings. The van der Waals surface area contributed by atoms with E-state index in [0.717, 1.165) is 17.7 Å². The van der Waals surface area contributed by atoms with Crippen LogP contribution in [0.3, 0.4) is 0 Å². The van der Waals surface area contributed by atoms with E-state index in [9.17, 15) is 4.79 Å². The molecule has 0 N–H and O–H groups in total. The number of carbonyl (C=O) groups excluding carboxylic acids is 1. The first-order valence-corrected chi connectivity index (χ1v) is 22.8. The molecule has 0 heterocycles. The number of hydrogen-bond acceptors (Lipinski definition) is 2. The highest BCUT2D eigenvalue weighted by atomic mass is 16.5. The zero-order chi connectivity index (χ0) is 46.0. The Morgan fingerprint density at radius 2 is 0.712 bits per heavy atom. The van der Waals surface area contributed by atoms with Crippen molar-refractivity contribution < 1.29 is 9.53 Å². The number of fused-ring (bicyclic) bond motifs is 2. The molecule has 0 radical (unpaired) electrons. The second-order valence-electron chi connectivity index (χ2n) is 10.6. The van der Waals surface area contributed by atoms with Crippen molar-refractivity contribution in [2.45, 2.75) is 143 Å². The summed E-state index contributed by atoms with van der Waals surface area (Å²) in [4.78, 5) is 10.6. The van der Waals surface area contributed by atoms with Crippen molar-refractivity contribution >= 4 is 16.6 Å². The van der Waals surface area contributed by atoms with E-state index in [4.69, 9.17) is 4.74 Å². The predicted molar refractivity (Wildman–Crippen MR) is 272 cm³/mol. The van der Waals surface area contributed by atoms with Gasteiger partial charge in [0.1, 0.15) is 5.75 Å². The van der Waals surface area contributed by atoms with Gasteiger partial charge in [-0.1, -0.05) is 256 Å². The molecule has 328 valence electrons. The van der Waals surface area contributed by atoms with Crippen molar-refractivity contribution in [1.82, 2.24) is 0 Å². The monoisotopic (exact) mass is 805 g/mol. The maximum Gasteiger partial charge on any atom is 0.159 e. The molecular formula is C57H88O2. The summed E-state index contributed by atoms with van der Waals surface area (Å²) in [7, 11) is 1.66. The lowest BCUT2D eigenvalue weighted by atomic mass is 9.92. The Kier molecular flexibility index (Phi) is 56.8. The molecule has 0 bridgehead atoms. The molecule has 0 aromatic heterocycles. The summed E-state index contributed by atoms with van der Waals surface area (Å²) in [5.41, 5.74) is 5.34. The van der Waals surface area contributed by atoms with Crippen LogP contribution in [0.15, 0.2) is 164 Å². The van der Waals surface area contributed by atoms with Crippen molar-refractivity contribution in [3.05, 3.63) is 186 Å². The zero-order valence-corrected chi connectivity index (χ0v) is 40.9. The standard InChI is InChI=1S/C10H12.C10H8.C8H8O.C8H10.C7H8O.7C2H6/c2*1-2-6-10-8-4-3-7-9(10)5-1;1-7(9)8-5-3-2-4-6-8;1-2-8-6-4-3-5-7-8;1-8-7-5-3-2-4-6-7;7*1-2/h1-2,5-6H,3-4,7-8H2;1-8H;2-6H,1H3;3-7H,2H2,1H3;2-6H,1H3;7*1-2H3. The summed E-state index contributed by atoms with van der Waals surface area (Å²) in [5, 5.41) is 2.62. The number of methoxy groups -OCH3 is 1. The van der Waals surface area contributed by atoms with Crippen molar-refractivity contribution in [3.63, 3.8) is 0 Å². The van der Waals surface area contributed by atoms with Crippen molar-refractivity contribution in [1.29, 1.82) is 0 Å². The van der Waals surface area contributed by atoms with Gasteiger partial charge in [0, 0.05) is 5.56 Å². The average molecular weight is 805 g/mol. The molecule has 0 spiro atoms. The number of carbonyl (C=O) groups is 1. The summed E-state index contributed by atoms with van der Waals surface area (Å²) < 4.78 is 4.91. The normalized spacial score (nSPS) is 8.97. The third-order valence-corrected chi connectivity index (χ3v) is 7.33. The van der Waals surface area contributed by atoms with Crippen LogP contribution in [-0.4, -0.2) is 12.9 Å². The zero-order valence-electron chi connectivity index (χ0n) is 40.9. The van der Waals surface area contributed by atoms with Crippen molar-refractivity contribution in [2.24, 2.45) is 0 Å². The Bertz CT molecular complexity index is 1500. The fourth-order valence-corrected chi connectivity index (χ4v) is 4.75. The molecule has 2 nitrogen and oxygen atoms in total. The van der Waals surface area contributed by atoms with Crippen LogP contribution < -0.4 is 4.74 Å². The molecular weight excluding hydrogens is 717 g/mol. The molecule has 2 heteroatoms. The highest BCUT2D eigenvalue weighted by Gasteiger charge is 2.06. The summed E-state index contributed by atoms with van der Waals surface area (Å²) in [6, 6.07) is 54.9. The lowest BCUT2D eigenvalue weighted by Gasteiger charge is -2.13. The van der Waals surface area contributed by atoms with E-state index in [-0.39, 0.29) is 5.78 Å². The molecule has 0 atom stereocenters. The molecule has 0 aliphatic heterocycles. The molecule has 7 rings (SSSR count). The van der Waals surface area contributed by atoms with Crippen molar-refractivity contribution in [2.75, 3.05) is 7.11 Å². The SMILES string of the molecule is CC.CC.CC.CC.CC.CC.CC.CC(=O)c1ccccc1.CCc1ccccc1.COc1ccccc1.c1ccc2c(c1)CCCC2.c1ccc2ccccc2c1. The number of hydrogen-bond donors (Lipinski definition) is 0. The van der Waals surface area contributed by atoms with Crippen LogP contribution >= 0.6 is 0 Å². The van der Waals surface area contributed by atoms with Gasteiger partial charge in [0.2, 0.25) is 0 Å². The molecule has 1 aliphatic rings. The maximum atomic E-state index is 10.6. The Morgan fingerprint density at radius 3 is 0.966 bits per heavy atom. The van der Waals surface area contributed by atoms with Crippen LogP contribution in [0.25, 0.3) is 10.8 Å². The minimum atomic E-state index is 0.121. The topological polar surface area (TPSA) is 26.3 Å². The van der Waals surface area contributed by atoms with Gasteiger partial charge in [0.05, 0.1) is 7.11 Å². The fourth-order valence-electron chi connectivity index (χ4n) is 4.75. The minimum absolute atomic E-state index is 0.121. The number of para-hydroxylation sites is 1. The van der Waals surface area contributed by atoms with Gasteiger partial charge in [0.25, 0.3) is 0 Å². The molecule has 0 saturated heterocycles. The highest BCUT2D eigenvalue weighted by molar-refractivity contribution is 5.93. The summed E-state index contributed by atoms with van der Waals surface area (Å²) in [6.07, 6.45) is 6.52. The number of aryl methyl sites for hydroxylation is 3. The van der Waals surface area contributed by atoms with Crippen LogP contribution in [0.5, 0.6) is 5.75 Å². The number of rotatable bonds is 3. The number of benzene rings is 6. The highest BCUT2D eigenvalue weighted by Crippen LogP contribution is 2.19. The molecule has 1 aliphatic carbocycles. The largest absolute Gasteiger partial charge is 0.497 e. The van der Waals surface area contributed by atoms with Gasteiger partial charge >= 0.3 is 0 Å². The Hall–Kier alpha value is -4.95. The molecule has 0 saturated carbocycles. The smallest absolute Gasteiger partial charge is 0.159 e. The molecule has 6 aromatic carbocycles. The van der Waals surface area contributed by atoms with Gasteiger partial charge in [-0.05, 0) is 78.6 Å². The summed E-state index contributed by atoms with van der Waals surface area (Å²) in [6.45, 7) is 31.7. The van der Waals surface area contributed by atoms with E-state index in [2.05, 4.69) is 104 Å². The fraction of sp³-hybridized carbons (Fsp3) is 0.386. The van der Waals surface area contributed by atoms with E-state index in [1.54, 1.807) is 25.2 Å². The lowest BCUT2D eigenvalue weighted by molar-refractivity contribution is 0.101. The van der Waals surface area contributed by atoms with E-state index < -0.39 is 0 Å². The van der Waals surface area contributed by atoms with Crippen LogP contribution in [0, 0.1) is 0 Å². The molecule has 0 amide bonds. The van der Waals surface area contributed by atoms with Gasteiger partial charge in [-0.15, -0.1) is 0 Å².